The number of thiol groups is 1. The van der Waals surface area contributed by atoms with Gasteiger partial charge in [0, 0.05) is 17.0 Å². The summed E-state index contributed by atoms with van der Waals surface area (Å²) < 4.78 is 12.4. The smallest absolute Gasteiger partial charge is 0.251 e. The molecular weight excluding hydrogens is 189 g/mol. The Morgan fingerprint density at radius 2 is 2.08 bits per heavy atom. The number of halogens is 1. The summed E-state index contributed by atoms with van der Waals surface area (Å²) in [6, 6.07) is 5.97. The van der Waals surface area contributed by atoms with Crippen LogP contribution in [-0.4, -0.2) is 11.1 Å². The molecule has 0 atom stereocenters. The first kappa shape index (κ1) is 9.84. The zero-order valence-electron chi connectivity index (χ0n) is 6.99. The normalized spacial score (nSPS) is 9.08. The third-order valence-corrected chi connectivity index (χ3v) is 1.97. The monoisotopic (exact) mass is 197 g/mol. The summed E-state index contributed by atoms with van der Waals surface area (Å²) in [5.74, 6) is -0.558. The van der Waals surface area contributed by atoms with E-state index in [9.17, 15) is 9.18 Å². The molecular formula is C9H8FNOS. The number of carbonyl (C=O) groups is 1. The minimum atomic E-state index is -0.283. The highest BCUT2D eigenvalue weighted by molar-refractivity contribution is 7.97. The summed E-state index contributed by atoms with van der Waals surface area (Å²) in [6.45, 7) is 1.35. The number of hydrogen-bond donors (Lipinski definition) is 1. The Kier molecular flexibility index (Phi) is 3.55. The predicted molar refractivity (Wildman–Crippen MR) is 51.8 cm³/mol. The molecule has 68 valence electrons. The molecule has 0 radical (unpaired) electrons. The molecule has 0 bridgehead atoms. The van der Waals surface area contributed by atoms with Crippen molar-refractivity contribution in [2.24, 2.45) is 4.99 Å². The zero-order valence-corrected chi connectivity index (χ0v) is 7.88. The standard InChI is InChI=1S/C9H8FNOS/c1-7(12)11-6-13-9-4-2-8(10)3-5-9/h2-5,13H,1H3. The van der Waals surface area contributed by atoms with Crippen LogP contribution in [0.3, 0.4) is 0 Å². The van der Waals surface area contributed by atoms with E-state index in [0.717, 1.165) is 4.90 Å². The Balaban J connectivity index is 2.81. The van der Waals surface area contributed by atoms with Crippen molar-refractivity contribution >= 4 is 22.4 Å². The van der Waals surface area contributed by atoms with E-state index in [2.05, 4.69) is 10.2 Å². The SMILES string of the molecule is CC(=O)N=C=[SH]c1ccc(F)cc1. The van der Waals surface area contributed by atoms with Crippen LogP contribution in [0.15, 0.2) is 34.2 Å². The van der Waals surface area contributed by atoms with Gasteiger partial charge in [-0.15, -0.1) is 11.4 Å². The number of hydrogen-bond acceptors (Lipinski definition) is 1. The average molecular weight is 197 g/mol. The summed E-state index contributed by atoms with van der Waals surface area (Å²) in [5.41, 5.74) is 0. The predicted octanol–water partition coefficient (Wildman–Crippen LogP) is 2.10. The molecule has 1 aromatic carbocycles. The van der Waals surface area contributed by atoms with E-state index in [1.807, 2.05) is 0 Å². The second kappa shape index (κ2) is 4.70. The summed E-state index contributed by atoms with van der Waals surface area (Å²) in [6.07, 6.45) is 0. The molecule has 0 saturated carbocycles. The van der Waals surface area contributed by atoms with Crippen molar-refractivity contribution in [2.45, 2.75) is 11.8 Å². The summed E-state index contributed by atoms with van der Waals surface area (Å²) in [7, 11) is 0. The second-order valence-corrected chi connectivity index (χ2v) is 3.26. The van der Waals surface area contributed by atoms with Gasteiger partial charge in [-0.05, 0) is 24.3 Å². The molecule has 2 nitrogen and oxygen atoms in total. The van der Waals surface area contributed by atoms with Gasteiger partial charge in [0.05, 0.1) is 0 Å². The number of benzene rings is 1. The molecule has 1 rings (SSSR count). The van der Waals surface area contributed by atoms with Gasteiger partial charge < -0.3 is 0 Å². The van der Waals surface area contributed by atoms with Crippen LogP contribution in [0.2, 0.25) is 0 Å². The lowest BCUT2D eigenvalue weighted by Gasteiger charge is -1.89. The highest BCUT2D eigenvalue weighted by Crippen LogP contribution is 2.09. The maximum absolute atomic E-state index is 12.4. The molecule has 0 saturated heterocycles. The Morgan fingerprint density at radius 1 is 1.46 bits per heavy atom. The van der Waals surface area contributed by atoms with Gasteiger partial charge in [-0.1, -0.05) is 0 Å². The zero-order chi connectivity index (χ0) is 9.68. The molecule has 0 aliphatic rings. The topological polar surface area (TPSA) is 29.4 Å². The van der Waals surface area contributed by atoms with E-state index in [-0.39, 0.29) is 11.7 Å². The lowest BCUT2D eigenvalue weighted by Crippen LogP contribution is -1.77. The Bertz CT molecular complexity index is 366. The molecule has 0 heterocycles. The van der Waals surface area contributed by atoms with Gasteiger partial charge >= 0.3 is 0 Å². The Labute approximate surface area is 79.1 Å². The van der Waals surface area contributed by atoms with Crippen LogP contribution in [0.1, 0.15) is 6.92 Å². The minimum absolute atomic E-state index is 0.276. The maximum Gasteiger partial charge on any atom is 0.251 e. The average Bonchev–Trinajstić information content (AvgIpc) is 2.08. The highest BCUT2D eigenvalue weighted by atomic mass is 32.1. The molecule has 1 amide bonds. The first-order chi connectivity index (χ1) is 6.18. The van der Waals surface area contributed by atoms with E-state index in [1.165, 1.54) is 19.1 Å². The third kappa shape index (κ3) is 3.78. The van der Waals surface area contributed by atoms with Gasteiger partial charge in [-0.25, -0.2) is 4.39 Å². The molecule has 0 fully saturated rings. The first-order valence-electron chi connectivity index (χ1n) is 3.61. The van der Waals surface area contributed by atoms with E-state index < -0.39 is 0 Å². The highest BCUT2D eigenvalue weighted by Gasteiger charge is 1.87. The number of aliphatic imine (C=N–C) groups is 1. The summed E-state index contributed by atoms with van der Waals surface area (Å²) >= 11 is 0.671. The van der Waals surface area contributed by atoms with E-state index in [4.69, 9.17) is 0 Å². The lowest BCUT2D eigenvalue weighted by atomic mass is 10.4. The van der Waals surface area contributed by atoms with Crippen molar-refractivity contribution in [1.82, 2.24) is 0 Å². The number of amides is 1. The summed E-state index contributed by atoms with van der Waals surface area (Å²) in [5, 5.41) is 2.55. The molecule has 13 heavy (non-hydrogen) atoms. The largest absolute Gasteiger partial charge is 0.272 e. The quantitative estimate of drug-likeness (QED) is 0.417. The molecule has 0 spiro atoms. The fourth-order valence-electron chi connectivity index (χ4n) is 0.669. The molecule has 0 aromatic heterocycles. The van der Waals surface area contributed by atoms with Crippen molar-refractivity contribution in [2.75, 3.05) is 0 Å². The van der Waals surface area contributed by atoms with Gasteiger partial charge in [-0.3, -0.25) is 4.79 Å². The Hall–Kier alpha value is -1.25. The van der Waals surface area contributed by atoms with Crippen molar-refractivity contribution in [3.05, 3.63) is 30.1 Å². The van der Waals surface area contributed by atoms with Crippen LogP contribution in [0.25, 0.3) is 0 Å². The fraction of sp³-hybridized carbons (Fsp3) is 0.111. The van der Waals surface area contributed by atoms with Crippen molar-refractivity contribution < 1.29 is 9.18 Å². The second-order valence-electron chi connectivity index (χ2n) is 2.32. The number of nitrogens with zero attached hydrogens (tertiary/aromatic N) is 1. The van der Waals surface area contributed by atoms with E-state index >= 15 is 0 Å². The molecule has 0 unspecified atom stereocenters. The van der Waals surface area contributed by atoms with E-state index in [1.54, 1.807) is 12.1 Å². The molecule has 0 N–H and O–H groups in total. The number of rotatable bonds is 1. The first-order valence-corrected chi connectivity index (χ1v) is 4.50. The van der Waals surface area contributed by atoms with Crippen LogP contribution < -0.4 is 0 Å². The molecule has 1 aromatic rings. The molecule has 0 aliphatic heterocycles. The van der Waals surface area contributed by atoms with Crippen molar-refractivity contribution in [1.29, 1.82) is 0 Å². The van der Waals surface area contributed by atoms with Crippen molar-refractivity contribution in [3.8, 4) is 0 Å². The van der Waals surface area contributed by atoms with Crippen LogP contribution >= 0.6 is 11.4 Å². The maximum atomic E-state index is 12.4. The van der Waals surface area contributed by atoms with Gasteiger partial charge in [0.25, 0.3) is 5.91 Å². The number of isothiocyanates is 1. The van der Waals surface area contributed by atoms with Crippen molar-refractivity contribution in [3.63, 3.8) is 0 Å². The van der Waals surface area contributed by atoms with E-state index in [0.29, 0.717) is 11.4 Å². The molecule has 0 aliphatic carbocycles. The fourth-order valence-corrected chi connectivity index (χ4v) is 1.27. The van der Waals surface area contributed by atoms with Crippen LogP contribution in [0.5, 0.6) is 0 Å². The van der Waals surface area contributed by atoms with Crippen LogP contribution in [0, 0.1) is 5.82 Å². The summed E-state index contributed by atoms with van der Waals surface area (Å²) in [4.78, 5) is 14.7. The molecule has 4 heteroatoms. The van der Waals surface area contributed by atoms with Gasteiger partial charge in [0.2, 0.25) is 0 Å². The number of carbonyl (C=O) groups excluding carboxylic acids is 1. The van der Waals surface area contributed by atoms with Gasteiger partial charge in [-0.2, -0.15) is 4.99 Å². The van der Waals surface area contributed by atoms with Gasteiger partial charge in [0.15, 0.2) is 0 Å². The Morgan fingerprint density at radius 3 is 2.62 bits per heavy atom. The van der Waals surface area contributed by atoms with Crippen LogP contribution in [-0.2, 0) is 4.79 Å². The lowest BCUT2D eigenvalue weighted by molar-refractivity contribution is -0.115. The minimum Gasteiger partial charge on any atom is -0.272 e. The third-order valence-electron chi connectivity index (χ3n) is 1.21. The van der Waals surface area contributed by atoms with Gasteiger partial charge in [0.1, 0.15) is 5.82 Å². The van der Waals surface area contributed by atoms with Crippen LogP contribution in [0.4, 0.5) is 4.39 Å².